The average Bonchev–Trinajstić information content (AvgIpc) is 2.61. The van der Waals surface area contributed by atoms with Crippen LogP contribution in [0.2, 0.25) is 0 Å². The molecule has 1 aliphatic heterocycles. The third-order valence-corrected chi connectivity index (χ3v) is 3.61. The molecule has 0 radical (unpaired) electrons. The molecule has 0 aliphatic carbocycles. The lowest BCUT2D eigenvalue weighted by molar-refractivity contribution is -0.123. The molecule has 1 aromatic rings. The van der Waals surface area contributed by atoms with Crippen molar-refractivity contribution >= 4 is 5.78 Å². The molecular formula is C12H20N4O. The fourth-order valence-corrected chi connectivity index (χ4v) is 2.41. The van der Waals surface area contributed by atoms with Gasteiger partial charge in [-0.1, -0.05) is 6.42 Å². The molecule has 1 fully saturated rings. The Balaban J connectivity index is 2.10. The molecule has 1 unspecified atom stereocenters. The topological polar surface area (TPSA) is 51.0 Å². The summed E-state index contributed by atoms with van der Waals surface area (Å²) in [5.41, 5.74) is 0. The van der Waals surface area contributed by atoms with Crippen molar-refractivity contribution in [3.8, 4) is 0 Å². The summed E-state index contributed by atoms with van der Waals surface area (Å²) in [7, 11) is 1.97. The second kappa shape index (κ2) is 4.96. The number of Topliss-reactive ketones (excluding diaryl/α,β-unsaturated/α-hetero) is 1. The maximum Gasteiger partial charge on any atom is 0.146 e. The van der Waals surface area contributed by atoms with Crippen LogP contribution >= 0.6 is 0 Å². The van der Waals surface area contributed by atoms with Crippen LogP contribution in [0.3, 0.4) is 0 Å². The van der Waals surface area contributed by atoms with Gasteiger partial charge in [0.05, 0.1) is 12.6 Å². The molecule has 0 N–H and O–H groups in total. The van der Waals surface area contributed by atoms with Gasteiger partial charge >= 0.3 is 0 Å². The van der Waals surface area contributed by atoms with Crippen LogP contribution in [-0.4, -0.2) is 38.0 Å². The van der Waals surface area contributed by atoms with Crippen molar-refractivity contribution < 1.29 is 4.79 Å². The van der Waals surface area contributed by atoms with Crippen molar-refractivity contribution in [2.75, 3.05) is 6.54 Å². The van der Waals surface area contributed by atoms with Crippen molar-refractivity contribution in [1.29, 1.82) is 0 Å². The molecule has 0 aromatic carbocycles. The van der Waals surface area contributed by atoms with Gasteiger partial charge in [-0.2, -0.15) is 0 Å². The molecule has 1 atom stereocenters. The number of carbonyl (C=O) groups is 1. The van der Waals surface area contributed by atoms with E-state index in [2.05, 4.69) is 15.1 Å². The van der Waals surface area contributed by atoms with E-state index < -0.39 is 0 Å². The standard InChI is InChI=1S/C12H20N4O/c1-9(17)11-6-4-5-7-16(11)8-12-14-13-10(2)15(12)3/h11H,4-8H2,1-3H3. The van der Waals surface area contributed by atoms with E-state index in [0.29, 0.717) is 0 Å². The number of rotatable bonds is 3. The molecule has 0 spiro atoms. The highest BCUT2D eigenvalue weighted by Gasteiger charge is 2.27. The van der Waals surface area contributed by atoms with Gasteiger partial charge in [-0.25, -0.2) is 0 Å². The smallest absolute Gasteiger partial charge is 0.146 e. The van der Waals surface area contributed by atoms with Gasteiger partial charge in [0.1, 0.15) is 17.4 Å². The van der Waals surface area contributed by atoms with Crippen LogP contribution in [0.5, 0.6) is 0 Å². The van der Waals surface area contributed by atoms with Crippen molar-refractivity contribution in [3.63, 3.8) is 0 Å². The van der Waals surface area contributed by atoms with Gasteiger partial charge in [0.2, 0.25) is 0 Å². The van der Waals surface area contributed by atoms with Crippen LogP contribution in [0, 0.1) is 6.92 Å². The van der Waals surface area contributed by atoms with Crippen LogP contribution < -0.4 is 0 Å². The molecular weight excluding hydrogens is 216 g/mol. The summed E-state index contributed by atoms with van der Waals surface area (Å²) in [5, 5.41) is 8.22. The third-order valence-electron chi connectivity index (χ3n) is 3.61. The molecule has 5 nitrogen and oxygen atoms in total. The van der Waals surface area contributed by atoms with Crippen LogP contribution in [-0.2, 0) is 18.4 Å². The average molecular weight is 236 g/mol. The summed E-state index contributed by atoms with van der Waals surface area (Å²) < 4.78 is 1.99. The van der Waals surface area contributed by atoms with Crippen LogP contribution in [0.15, 0.2) is 0 Å². The lowest BCUT2D eigenvalue weighted by atomic mass is 9.99. The summed E-state index contributed by atoms with van der Waals surface area (Å²) in [6.07, 6.45) is 3.30. The quantitative estimate of drug-likeness (QED) is 0.787. The highest BCUT2D eigenvalue weighted by molar-refractivity contribution is 5.81. The maximum absolute atomic E-state index is 11.6. The zero-order chi connectivity index (χ0) is 12.4. The van der Waals surface area contributed by atoms with Gasteiger partial charge in [-0.15, -0.1) is 10.2 Å². The van der Waals surface area contributed by atoms with Gasteiger partial charge in [-0.05, 0) is 33.2 Å². The predicted octanol–water partition coefficient (Wildman–Crippen LogP) is 1.07. The minimum absolute atomic E-state index is 0.0701. The van der Waals surface area contributed by atoms with E-state index in [0.717, 1.165) is 37.6 Å². The Morgan fingerprint density at radius 2 is 2.18 bits per heavy atom. The molecule has 0 saturated carbocycles. The van der Waals surface area contributed by atoms with Crippen molar-refractivity contribution in [2.24, 2.45) is 7.05 Å². The summed E-state index contributed by atoms with van der Waals surface area (Å²) in [6.45, 7) is 5.33. The fraction of sp³-hybridized carbons (Fsp3) is 0.750. The second-order valence-corrected chi connectivity index (χ2v) is 4.82. The first kappa shape index (κ1) is 12.2. The molecule has 1 aliphatic rings. The monoisotopic (exact) mass is 236 g/mol. The lowest BCUT2D eigenvalue weighted by Crippen LogP contribution is -2.43. The van der Waals surface area contributed by atoms with Crippen LogP contribution in [0.4, 0.5) is 0 Å². The highest BCUT2D eigenvalue weighted by atomic mass is 16.1. The maximum atomic E-state index is 11.6. The Morgan fingerprint density at radius 3 is 2.76 bits per heavy atom. The Morgan fingerprint density at radius 1 is 1.41 bits per heavy atom. The van der Waals surface area contributed by atoms with Gasteiger partial charge in [-0.3, -0.25) is 9.69 Å². The normalized spacial score (nSPS) is 21.7. The molecule has 0 amide bonds. The zero-order valence-corrected chi connectivity index (χ0v) is 10.8. The molecule has 1 aromatic heterocycles. The number of likely N-dealkylation sites (tertiary alicyclic amines) is 1. The van der Waals surface area contributed by atoms with E-state index in [1.807, 2.05) is 18.5 Å². The van der Waals surface area contributed by atoms with Gasteiger partial charge in [0, 0.05) is 7.05 Å². The van der Waals surface area contributed by atoms with Gasteiger partial charge < -0.3 is 4.57 Å². The SMILES string of the molecule is CC(=O)C1CCCCN1Cc1nnc(C)n1C. The molecule has 17 heavy (non-hydrogen) atoms. The fourth-order valence-electron chi connectivity index (χ4n) is 2.41. The van der Waals surface area contributed by atoms with E-state index >= 15 is 0 Å². The zero-order valence-electron chi connectivity index (χ0n) is 10.8. The van der Waals surface area contributed by atoms with E-state index in [1.165, 1.54) is 6.42 Å². The number of hydrogen-bond acceptors (Lipinski definition) is 4. The Hall–Kier alpha value is -1.23. The first-order valence-corrected chi connectivity index (χ1v) is 6.19. The minimum Gasteiger partial charge on any atom is -0.317 e. The number of ketones is 1. The number of hydrogen-bond donors (Lipinski definition) is 0. The highest BCUT2D eigenvalue weighted by Crippen LogP contribution is 2.19. The molecule has 1 saturated heterocycles. The van der Waals surface area contributed by atoms with E-state index in [-0.39, 0.29) is 11.8 Å². The molecule has 94 valence electrons. The predicted molar refractivity (Wildman–Crippen MR) is 64.5 cm³/mol. The Labute approximate surface area is 102 Å². The number of nitrogens with zero attached hydrogens (tertiary/aromatic N) is 4. The molecule has 2 rings (SSSR count). The van der Waals surface area contributed by atoms with Crippen molar-refractivity contribution in [2.45, 2.75) is 45.7 Å². The number of aryl methyl sites for hydroxylation is 1. The van der Waals surface area contributed by atoms with Gasteiger partial charge in [0.25, 0.3) is 0 Å². The van der Waals surface area contributed by atoms with Crippen LogP contribution in [0.25, 0.3) is 0 Å². The first-order chi connectivity index (χ1) is 8.09. The van der Waals surface area contributed by atoms with Crippen molar-refractivity contribution in [3.05, 3.63) is 11.6 Å². The molecule has 2 heterocycles. The lowest BCUT2D eigenvalue weighted by Gasteiger charge is -2.33. The third kappa shape index (κ3) is 2.54. The number of carbonyl (C=O) groups excluding carboxylic acids is 1. The van der Waals surface area contributed by atoms with E-state index in [4.69, 9.17) is 0 Å². The second-order valence-electron chi connectivity index (χ2n) is 4.82. The number of aromatic nitrogens is 3. The summed E-state index contributed by atoms with van der Waals surface area (Å²) in [5.74, 6) is 2.12. The van der Waals surface area contributed by atoms with Crippen molar-refractivity contribution in [1.82, 2.24) is 19.7 Å². The number of piperidine rings is 1. The van der Waals surface area contributed by atoms with E-state index in [1.54, 1.807) is 6.92 Å². The first-order valence-electron chi connectivity index (χ1n) is 6.19. The molecule has 5 heteroatoms. The molecule has 0 bridgehead atoms. The summed E-state index contributed by atoms with van der Waals surface area (Å²) in [4.78, 5) is 13.8. The van der Waals surface area contributed by atoms with Crippen LogP contribution in [0.1, 0.15) is 37.8 Å². The Kier molecular flexibility index (Phi) is 3.57. The summed E-state index contributed by atoms with van der Waals surface area (Å²) >= 11 is 0. The summed E-state index contributed by atoms with van der Waals surface area (Å²) in [6, 6.07) is 0.0701. The Bertz CT molecular complexity index is 413. The van der Waals surface area contributed by atoms with Gasteiger partial charge in [0.15, 0.2) is 0 Å². The minimum atomic E-state index is 0.0701. The largest absolute Gasteiger partial charge is 0.317 e. The van der Waals surface area contributed by atoms with E-state index in [9.17, 15) is 4.79 Å².